The largest absolute Gasteiger partial charge is 0.343 e. The fourth-order valence-electron chi connectivity index (χ4n) is 4.72. The molecule has 1 saturated heterocycles. The van der Waals surface area contributed by atoms with Gasteiger partial charge in [0.15, 0.2) is 5.11 Å². The highest BCUT2D eigenvalue weighted by Crippen LogP contribution is 2.22. The van der Waals surface area contributed by atoms with Crippen molar-refractivity contribution in [3.05, 3.63) is 75.1 Å². The number of aromatic nitrogens is 1. The lowest BCUT2D eigenvalue weighted by Gasteiger charge is -2.32. The first-order valence-electron chi connectivity index (χ1n) is 11.8. The van der Waals surface area contributed by atoms with E-state index in [0.29, 0.717) is 17.7 Å². The smallest absolute Gasteiger partial charge is 0.253 e. The van der Waals surface area contributed by atoms with Crippen LogP contribution in [0.4, 0.5) is 5.69 Å². The molecule has 0 bridgehead atoms. The Bertz CT molecular complexity index is 1200. The van der Waals surface area contributed by atoms with E-state index in [4.69, 9.17) is 12.2 Å². The van der Waals surface area contributed by atoms with E-state index in [-0.39, 0.29) is 5.56 Å². The van der Waals surface area contributed by atoms with Crippen molar-refractivity contribution in [2.45, 2.75) is 53.1 Å². The van der Waals surface area contributed by atoms with Crippen LogP contribution < -0.4 is 10.9 Å². The molecule has 33 heavy (non-hydrogen) atoms. The summed E-state index contributed by atoms with van der Waals surface area (Å²) in [7, 11) is 0. The van der Waals surface area contributed by atoms with Gasteiger partial charge in [-0.25, -0.2) is 0 Å². The Morgan fingerprint density at radius 3 is 2.67 bits per heavy atom. The van der Waals surface area contributed by atoms with Crippen LogP contribution in [0.15, 0.2) is 47.3 Å². The molecule has 1 fully saturated rings. The third-order valence-electron chi connectivity index (χ3n) is 6.92. The normalized spacial score (nSPS) is 16.3. The van der Waals surface area contributed by atoms with E-state index in [1.807, 2.05) is 18.2 Å². The van der Waals surface area contributed by atoms with Gasteiger partial charge in [0.05, 0.1) is 12.1 Å². The Kier molecular flexibility index (Phi) is 7.15. The second kappa shape index (κ2) is 10.1. The summed E-state index contributed by atoms with van der Waals surface area (Å²) in [6.45, 7) is 11.8. The van der Waals surface area contributed by atoms with Gasteiger partial charge in [0.25, 0.3) is 5.56 Å². The molecule has 1 aliphatic heterocycles. The molecule has 0 unspecified atom stereocenters. The van der Waals surface area contributed by atoms with E-state index in [0.717, 1.165) is 53.8 Å². The molecule has 4 rings (SSSR count). The van der Waals surface area contributed by atoms with Crippen LogP contribution in [-0.4, -0.2) is 45.6 Å². The number of likely N-dealkylation sites (tertiary alicyclic amines) is 1. The minimum atomic E-state index is -0.0434. The van der Waals surface area contributed by atoms with Gasteiger partial charge in [0.2, 0.25) is 0 Å². The summed E-state index contributed by atoms with van der Waals surface area (Å²) in [5.41, 5.74) is 6.08. The maximum Gasteiger partial charge on any atom is 0.253 e. The van der Waals surface area contributed by atoms with Crippen LogP contribution in [0, 0.1) is 20.8 Å². The number of benzene rings is 2. The molecule has 5 nitrogen and oxygen atoms in total. The Hall–Kier alpha value is -2.70. The molecule has 174 valence electrons. The van der Waals surface area contributed by atoms with Crippen LogP contribution >= 0.6 is 12.2 Å². The molecule has 0 saturated carbocycles. The molecule has 6 heteroatoms. The number of thiocarbonyl (C=S) groups is 1. The monoisotopic (exact) mass is 462 g/mol. The summed E-state index contributed by atoms with van der Waals surface area (Å²) in [6.07, 6.45) is 2.36. The molecule has 1 aromatic heterocycles. The van der Waals surface area contributed by atoms with Crippen LogP contribution in [0.2, 0.25) is 0 Å². The molecule has 2 N–H and O–H groups in total. The number of aromatic amines is 1. The van der Waals surface area contributed by atoms with Gasteiger partial charge in [-0.2, -0.15) is 0 Å². The quantitative estimate of drug-likeness (QED) is 0.497. The summed E-state index contributed by atoms with van der Waals surface area (Å²) < 4.78 is 0. The van der Waals surface area contributed by atoms with Gasteiger partial charge in [0.1, 0.15) is 0 Å². The number of nitrogens with zero attached hydrogens (tertiary/aromatic N) is 2. The molecule has 0 amide bonds. The summed E-state index contributed by atoms with van der Waals surface area (Å²) in [6, 6.07) is 14.9. The number of aryl methyl sites for hydroxylation is 3. The van der Waals surface area contributed by atoms with E-state index in [1.165, 1.54) is 17.5 Å². The van der Waals surface area contributed by atoms with Crippen molar-refractivity contribution in [2.75, 3.05) is 25.0 Å². The van der Waals surface area contributed by atoms with Crippen LogP contribution in [0.5, 0.6) is 0 Å². The summed E-state index contributed by atoms with van der Waals surface area (Å²) in [4.78, 5) is 20.8. The predicted octanol–water partition coefficient (Wildman–Crippen LogP) is 5.14. The lowest BCUT2D eigenvalue weighted by molar-refractivity contribution is 0.221. The van der Waals surface area contributed by atoms with Crippen molar-refractivity contribution < 1.29 is 0 Å². The number of pyridine rings is 1. The average Bonchev–Trinajstić information content (AvgIpc) is 3.25. The molecule has 1 aliphatic rings. The molecular weight excluding hydrogens is 428 g/mol. The lowest BCUT2D eigenvalue weighted by Crippen LogP contribution is -2.44. The molecule has 2 aromatic carbocycles. The highest BCUT2D eigenvalue weighted by Gasteiger charge is 2.26. The van der Waals surface area contributed by atoms with Crippen molar-refractivity contribution in [1.29, 1.82) is 0 Å². The number of fused-ring (bicyclic) bond motifs is 1. The summed E-state index contributed by atoms with van der Waals surface area (Å²) in [5, 5.41) is 5.11. The van der Waals surface area contributed by atoms with Crippen molar-refractivity contribution in [3.63, 3.8) is 0 Å². The first kappa shape index (κ1) is 23.5. The SMILES string of the molecule is CCN1CCC[C@@H]1CN(Cc1cc2ccc(C)c(C)c2[nH]c1=O)C(=S)Nc1ccc(C)cc1. The number of hydrogen-bond donors (Lipinski definition) is 2. The van der Waals surface area contributed by atoms with Gasteiger partial charge < -0.3 is 15.2 Å². The van der Waals surface area contributed by atoms with Crippen LogP contribution in [0.1, 0.15) is 42.0 Å². The maximum atomic E-state index is 13.1. The minimum absolute atomic E-state index is 0.0434. The van der Waals surface area contributed by atoms with Crippen LogP contribution in [0.25, 0.3) is 10.9 Å². The van der Waals surface area contributed by atoms with E-state index < -0.39 is 0 Å². The minimum Gasteiger partial charge on any atom is -0.343 e. The van der Waals surface area contributed by atoms with Gasteiger partial charge >= 0.3 is 0 Å². The van der Waals surface area contributed by atoms with E-state index >= 15 is 0 Å². The molecule has 3 aromatic rings. The second-order valence-corrected chi connectivity index (χ2v) is 9.58. The number of rotatable bonds is 6. The fraction of sp³-hybridized carbons (Fsp3) is 0.407. The molecular formula is C27H34N4OS. The molecule has 0 spiro atoms. The van der Waals surface area contributed by atoms with Crippen molar-refractivity contribution in [1.82, 2.24) is 14.8 Å². The van der Waals surface area contributed by atoms with Crippen molar-refractivity contribution in [3.8, 4) is 0 Å². The number of H-pyrrole nitrogens is 1. The van der Waals surface area contributed by atoms with Crippen molar-refractivity contribution >= 4 is 33.9 Å². The van der Waals surface area contributed by atoms with Gasteiger partial charge in [-0.15, -0.1) is 0 Å². The Morgan fingerprint density at radius 1 is 1.18 bits per heavy atom. The van der Waals surface area contributed by atoms with Gasteiger partial charge in [0, 0.05) is 23.8 Å². The number of likely N-dealkylation sites (N-methyl/N-ethyl adjacent to an activating group) is 1. The standard InChI is InChI=1S/C27H34N4OS/c1-5-30-14-6-7-24(30)17-31(27(33)28-23-12-8-18(2)9-13-23)16-22-15-21-11-10-19(3)20(4)25(21)29-26(22)32/h8-13,15,24H,5-7,14,16-17H2,1-4H3,(H,28,33)(H,29,32)/t24-/m1/s1. The average molecular weight is 463 g/mol. The topological polar surface area (TPSA) is 51.4 Å². The molecule has 1 atom stereocenters. The highest BCUT2D eigenvalue weighted by atomic mass is 32.1. The van der Waals surface area contributed by atoms with E-state index in [9.17, 15) is 4.79 Å². The second-order valence-electron chi connectivity index (χ2n) is 9.20. The molecule has 0 radical (unpaired) electrons. The summed E-state index contributed by atoms with van der Waals surface area (Å²) >= 11 is 5.86. The predicted molar refractivity (Wildman–Crippen MR) is 142 cm³/mol. The van der Waals surface area contributed by atoms with E-state index in [2.05, 4.69) is 72.1 Å². The maximum absolute atomic E-state index is 13.1. The number of anilines is 1. The Morgan fingerprint density at radius 2 is 1.94 bits per heavy atom. The Balaban J connectivity index is 1.63. The lowest BCUT2D eigenvalue weighted by atomic mass is 10.0. The zero-order chi connectivity index (χ0) is 23.5. The third kappa shape index (κ3) is 5.28. The van der Waals surface area contributed by atoms with Crippen LogP contribution in [0.3, 0.4) is 0 Å². The van der Waals surface area contributed by atoms with Crippen molar-refractivity contribution in [2.24, 2.45) is 0 Å². The van der Waals surface area contributed by atoms with Gasteiger partial charge in [-0.3, -0.25) is 9.69 Å². The van der Waals surface area contributed by atoms with Gasteiger partial charge in [-0.1, -0.05) is 36.8 Å². The first-order valence-corrected chi connectivity index (χ1v) is 12.2. The number of nitrogens with one attached hydrogen (secondary N) is 2. The summed E-state index contributed by atoms with van der Waals surface area (Å²) in [5.74, 6) is 0. The Labute approximate surface area is 201 Å². The number of hydrogen-bond acceptors (Lipinski definition) is 3. The third-order valence-corrected chi connectivity index (χ3v) is 7.28. The fourth-order valence-corrected chi connectivity index (χ4v) is 4.98. The zero-order valence-electron chi connectivity index (χ0n) is 20.1. The zero-order valence-corrected chi connectivity index (χ0v) is 20.9. The first-order chi connectivity index (χ1) is 15.9. The highest BCUT2D eigenvalue weighted by molar-refractivity contribution is 7.80. The molecule has 0 aliphatic carbocycles. The van der Waals surface area contributed by atoms with E-state index in [1.54, 1.807) is 0 Å². The van der Waals surface area contributed by atoms with Crippen LogP contribution in [-0.2, 0) is 6.54 Å². The molecule has 2 heterocycles. The van der Waals surface area contributed by atoms with Gasteiger partial charge in [-0.05, 0) is 93.6 Å².